The lowest BCUT2D eigenvalue weighted by Gasteiger charge is -2.25. The Bertz CT molecular complexity index is 524. The Hall–Kier alpha value is -1.84. The molecule has 4 nitrogen and oxygen atoms in total. The Morgan fingerprint density at radius 1 is 1.05 bits per heavy atom. The average Bonchev–Trinajstić information content (AvgIpc) is 3.20. The van der Waals surface area contributed by atoms with Crippen LogP contribution >= 0.6 is 0 Å². The molecule has 2 aliphatic rings. The van der Waals surface area contributed by atoms with Crippen LogP contribution in [0.15, 0.2) is 30.3 Å². The van der Waals surface area contributed by atoms with E-state index in [2.05, 4.69) is 0 Å². The first kappa shape index (κ1) is 14.1. The van der Waals surface area contributed by atoms with Gasteiger partial charge in [0.05, 0.1) is 5.92 Å². The number of amides is 1. The Balaban J connectivity index is 1.67. The van der Waals surface area contributed by atoms with Gasteiger partial charge in [0.15, 0.2) is 0 Å². The summed E-state index contributed by atoms with van der Waals surface area (Å²) in [7, 11) is 0. The van der Waals surface area contributed by atoms with Crippen LogP contribution in [0.3, 0.4) is 0 Å². The van der Waals surface area contributed by atoms with Crippen LogP contribution in [0.4, 0.5) is 0 Å². The Kier molecular flexibility index (Phi) is 3.95. The fourth-order valence-corrected chi connectivity index (χ4v) is 3.22. The maximum atomic E-state index is 12.7. The van der Waals surface area contributed by atoms with E-state index < -0.39 is 5.97 Å². The van der Waals surface area contributed by atoms with Gasteiger partial charge < -0.3 is 10.0 Å². The van der Waals surface area contributed by atoms with Gasteiger partial charge in [-0.25, -0.2) is 0 Å². The van der Waals surface area contributed by atoms with E-state index in [9.17, 15) is 9.59 Å². The summed E-state index contributed by atoms with van der Waals surface area (Å²) in [6.45, 7) is 0.651. The molecule has 0 unspecified atom stereocenters. The molecule has 2 saturated carbocycles. The lowest BCUT2D eigenvalue weighted by atomic mass is 10.0. The molecule has 112 valence electrons. The highest BCUT2D eigenvalue weighted by molar-refractivity contribution is 5.81. The third-order valence-electron chi connectivity index (χ3n) is 4.60. The standard InChI is InChI=1S/C17H21NO3/c19-16(13-6-7-14(10-13)17(20)21)18(15-8-9-15)11-12-4-2-1-3-5-12/h1-5,13-15H,6-11H2,(H,20,21)/t13-,14+/m0/s1. The molecular weight excluding hydrogens is 266 g/mol. The molecule has 1 N–H and O–H groups in total. The quantitative estimate of drug-likeness (QED) is 0.905. The summed E-state index contributed by atoms with van der Waals surface area (Å²) in [4.78, 5) is 25.8. The third kappa shape index (κ3) is 3.26. The van der Waals surface area contributed by atoms with Gasteiger partial charge in [0.25, 0.3) is 0 Å². The minimum absolute atomic E-state index is 0.101. The van der Waals surface area contributed by atoms with Crippen LogP contribution in [-0.4, -0.2) is 27.9 Å². The second kappa shape index (κ2) is 5.88. The molecule has 0 heterocycles. The zero-order valence-electron chi connectivity index (χ0n) is 12.1. The fourth-order valence-electron chi connectivity index (χ4n) is 3.22. The first-order valence-corrected chi connectivity index (χ1v) is 7.72. The van der Waals surface area contributed by atoms with Crippen molar-refractivity contribution in [2.24, 2.45) is 11.8 Å². The van der Waals surface area contributed by atoms with Crippen molar-refractivity contribution in [3.63, 3.8) is 0 Å². The summed E-state index contributed by atoms with van der Waals surface area (Å²) in [5, 5.41) is 9.08. The predicted molar refractivity (Wildman–Crippen MR) is 78.5 cm³/mol. The molecule has 2 fully saturated rings. The van der Waals surface area contributed by atoms with Gasteiger partial charge >= 0.3 is 5.97 Å². The maximum Gasteiger partial charge on any atom is 0.306 e. The number of carboxylic acids is 1. The van der Waals surface area contributed by atoms with Crippen LogP contribution in [0, 0.1) is 11.8 Å². The summed E-state index contributed by atoms with van der Waals surface area (Å²) in [5.41, 5.74) is 1.14. The molecule has 0 aliphatic heterocycles. The van der Waals surface area contributed by atoms with Gasteiger partial charge in [-0.1, -0.05) is 30.3 Å². The average molecular weight is 287 g/mol. The van der Waals surface area contributed by atoms with E-state index in [1.54, 1.807) is 0 Å². The molecule has 3 rings (SSSR count). The van der Waals surface area contributed by atoms with Crippen molar-refractivity contribution in [3.8, 4) is 0 Å². The van der Waals surface area contributed by atoms with Gasteiger partial charge in [-0.3, -0.25) is 9.59 Å². The minimum Gasteiger partial charge on any atom is -0.481 e. The van der Waals surface area contributed by atoms with E-state index in [0.29, 0.717) is 31.8 Å². The number of rotatable bonds is 5. The van der Waals surface area contributed by atoms with Crippen LogP contribution in [-0.2, 0) is 16.1 Å². The van der Waals surface area contributed by atoms with E-state index >= 15 is 0 Å². The first-order valence-electron chi connectivity index (χ1n) is 7.72. The molecule has 0 spiro atoms. The van der Waals surface area contributed by atoms with Gasteiger partial charge in [-0.15, -0.1) is 0 Å². The summed E-state index contributed by atoms with van der Waals surface area (Å²) in [6.07, 6.45) is 4.01. The number of hydrogen-bond donors (Lipinski definition) is 1. The van der Waals surface area contributed by atoms with Crippen LogP contribution in [0.25, 0.3) is 0 Å². The van der Waals surface area contributed by atoms with Crippen molar-refractivity contribution < 1.29 is 14.7 Å². The Morgan fingerprint density at radius 2 is 1.71 bits per heavy atom. The molecule has 1 aromatic carbocycles. The highest BCUT2D eigenvalue weighted by Crippen LogP contribution is 2.36. The molecule has 0 radical (unpaired) electrons. The zero-order valence-corrected chi connectivity index (χ0v) is 12.1. The van der Waals surface area contributed by atoms with Crippen molar-refractivity contribution in [1.82, 2.24) is 4.90 Å². The molecule has 1 amide bonds. The molecular formula is C17H21NO3. The van der Waals surface area contributed by atoms with Gasteiger partial charge in [0.1, 0.15) is 0 Å². The number of nitrogens with zero attached hydrogens (tertiary/aromatic N) is 1. The monoisotopic (exact) mass is 287 g/mol. The van der Waals surface area contributed by atoms with Gasteiger partial charge in [0.2, 0.25) is 5.91 Å². The van der Waals surface area contributed by atoms with Crippen LogP contribution in [0.2, 0.25) is 0 Å². The summed E-state index contributed by atoms with van der Waals surface area (Å²) in [5.74, 6) is -1.04. The van der Waals surface area contributed by atoms with Gasteiger partial charge in [-0.05, 0) is 37.7 Å². The number of carbonyl (C=O) groups is 2. The van der Waals surface area contributed by atoms with Crippen molar-refractivity contribution in [1.29, 1.82) is 0 Å². The minimum atomic E-state index is -0.758. The molecule has 2 atom stereocenters. The second-order valence-electron chi connectivity index (χ2n) is 6.23. The smallest absolute Gasteiger partial charge is 0.306 e. The van der Waals surface area contributed by atoms with Crippen LogP contribution < -0.4 is 0 Å². The highest BCUT2D eigenvalue weighted by Gasteiger charge is 2.40. The molecule has 21 heavy (non-hydrogen) atoms. The Labute approximate surface area is 124 Å². The first-order chi connectivity index (χ1) is 10.1. The summed E-state index contributed by atoms with van der Waals surface area (Å²) < 4.78 is 0. The van der Waals surface area contributed by atoms with E-state index in [4.69, 9.17) is 5.11 Å². The Morgan fingerprint density at radius 3 is 2.29 bits per heavy atom. The number of hydrogen-bond acceptors (Lipinski definition) is 2. The molecule has 4 heteroatoms. The van der Waals surface area contributed by atoms with E-state index in [-0.39, 0.29) is 17.7 Å². The molecule has 1 aromatic rings. The normalized spacial score (nSPS) is 24.8. The molecule has 2 aliphatic carbocycles. The number of benzene rings is 1. The second-order valence-corrected chi connectivity index (χ2v) is 6.23. The van der Waals surface area contributed by atoms with E-state index in [0.717, 1.165) is 18.4 Å². The largest absolute Gasteiger partial charge is 0.481 e. The lowest BCUT2D eigenvalue weighted by molar-refractivity contribution is -0.141. The summed E-state index contributed by atoms with van der Waals surface area (Å²) >= 11 is 0. The van der Waals surface area contributed by atoms with Gasteiger partial charge in [-0.2, -0.15) is 0 Å². The molecule has 0 saturated heterocycles. The van der Waals surface area contributed by atoms with Crippen molar-refractivity contribution in [3.05, 3.63) is 35.9 Å². The third-order valence-corrected chi connectivity index (χ3v) is 4.60. The zero-order chi connectivity index (χ0) is 14.8. The highest BCUT2D eigenvalue weighted by atomic mass is 16.4. The SMILES string of the molecule is O=C(O)[C@@H]1CC[C@H](C(=O)N(Cc2ccccc2)C2CC2)C1. The van der Waals surface area contributed by atoms with Crippen molar-refractivity contribution >= 4 is 11.9 Å². The number of carbonyl (C=O) groups excluding carboxylic acids is 1. The maximum absolute atomic E-state index is 12.7. The topological polar surface area (TPSA) is 57.6 Å². The fraction of sp³-hybridized carbons (Fsp3) is 0.529. The van der Waals surface area contributed by atoms with E-state index in [1.807, 2.05) is 35.2 Å². The van der Waals surface area contributed by atoms with E-state index in [1.165, 1.54) is 0 Å². The van der Waals surface area contributed by atoms with Crippen LogP contribution in [0.5, 0.6) is 0 Å². The van der Waals surface area contributed by atoms with Crippen molar-refractivity contribution in [2.45, 2.75) is 44.7 Å². The predicted octanol–water partition coefficient (Wildman–Crippen LogP) is 2.68. The van der Waals surface area contributed by atoms with Crippen LogP contribution in [0.1, 0.15) is 37.7 Å². The molecule has 0 bridgehead atoms. The number of aliphatic carboxylic acids is 1. The number of carboxylic acid groups (broad SMARTS) is 1. The van der Waals surface area contributed by atoms with Crippen molar-refractivity contribution in [2.75, 3.05) is 0 Å². The lowest BCUT2D eigenvalue weighted by Crippen LogP contribution is -2.36. The van der Waals surface area contributed by atoms with Gasteiger partial charge in [0, 0.05) is 18.5 Å². The molecule has 0 aromatic heterocycles. The summed E-state index contributed by atoms with van der Waals surface area (Å²) in [6, 6.07) is 10.4.